The van der Waals surface area contributed by atoms with E-state index in [1.807, 2.05) is 6.92 Å². The second-order valence-corrected chi connectivity index (χ2v) is 4.52. The van der Waals surface area contributed by atoms with E-state index >= 15 is 0 Å². The summed E-state index contributed by atoms with van der Waals surface area (Å²) in [5.41, 5.74) is 0.723. The fourth-order valence-electron chi connectivity index (χ4n) is 1.85. The molecule has 1 aromatic rings. The topological polar surface area (TPSA) is 75.1 Å². The summed E-state index contributed by atoms with van der Waals surface area (Å²) in [6.45, 7) is 7.23. The Morgan fingerprint density at radius 1 is 1.30 bits per heavy atom. The lowest BCUT2D eigenvalue weighted by atomic mass is 10.1. The summed E-state index contributed by atoms with van der Waals surface area (Å²) in [4.78, 5) is 4.35. The molecular weight excluding hydrogens is 409 g/mol. The maximum Gasteiger partial charge on any atom is 0.191 e. The lowest BCUT2D eigenvalue weighted by Gasteiger charge is -2.14. The molecule has 1 unspecified atom stereocenters. The summed E-state index contributed by atoms with van der Waals surface area (Å²) in [6, 6.07) is 5.32. The SMILES string of the molecule is C=CCNC(=NCC(O)c1ccc(OC)c(OC)c1)NCC.I. The highest BCUT2D eigenvalue weighted by Crippen LogP contribution is 2.29. The van der Waals surface area contributed by atoms with Crippen LogP contribution in [0, 0.1) is 0 Å². The second kappa shape index (κ2) is 12.0. The second-order valence-electron chi connectivity index (χ2n) is 4.52. The van der Waals surface area contributed by atoms with Gasteiger partial charge in [-0.05, 0) is 24.6 Å². The van der Waals surface area contributed by atoms with Gasteiger partial charge in [0, 0.05) is 13.1 Å². The largest absolute Gasteiger partial charge is 0.493 e. The number of guanidine groups is 1. The van der Waals surface area contributed by atoms with Gasteiger partial charge in [-0.25, -0.2) is 0 Å². The number of aliphatic imine (C=N–C) groups is 1. The van der Waals surface area contributed by atoms with E-state index in [9.17, 15) is 5.11 Å². The molecule has 0 fully saturated rings. The molecule has 0 radical (unpaired) electrons. The van der Waals surface area contributed by atoms with Gasteiger partial charge in [0.2, 0.25) is 0 Å². The van der Waals surface area contributed by atoms with E-state index in [2.05, 4.69) is 22.2 Å². The van der Waals surface area contributed by atoms with Crippen molar-refractivity contribution in [2.75, 3.05) is 33.9 Å². The fraction of sp³-hybridized carbons (Fsp3) is 0.438. The zero-order chi connectivity index (χ0) is 16.4. The zero-order valence-electron chi connectivity index (χ0n) is 13.8. The van der Waals surface area contributed by atoms with E-state index in [1.54, 1.807) is 38.5 Å². The van der Waals surface area contributed by atoms with Crippen LogP contribution in [0.1, 0.15) is 18.6 Å². The van der Waals surface area contributed by atoms with Crippen LogP contribution in [0.5, 0.6) is 11.5 Å². The van der Waals surface area contributed by atoms with Crippen molar-refractivity contribution in [1.29, 1.82) is 0 Å². The molecule has 0 saturated carbocycles. The minimum absolute atomic E-state index is 0. The van der Waals surface area contributed by atoms with Gasteiger partial charge in [0.15, 0.2) is 17.5 Å². The van der Waals surface area contributed by atoms with Crippen LogP contribution < -0.4 is 20.1 Å². The number of methoxy groups -OCH3 is 2. The van der Waals surface area contributed by atoms with Crippen LogP contribution in [-0.4, -0.2) is 44.9 Å². The monoisotopic (exact) mass is 435 g/mol. The van der Waals surface area contributed by atoms with E-state index in [0.29, 0.717) is 24.0 Å². The van der Waals surface area contributed by atoms with Crippen LogP contribution in [0.15, 0.2) is 35.8 Å². The van der Waals surface area contributed by atoms with Crippen LogP contribution in [0.4, 0.5) is 0 Å². The van der Waals surface area contributed by atoms with Gasteiger partial charge in [0.1, 0.15) is 0 Å². The molecule has 0 aliphatic rings. The lowest BCUT2D eigenvalue weighted by Crippen LogP contribution is -2.37. The normalized spacial score (nSPS) is 11.9. The molecule has 0 saturated heterocycles. The third-order valence-corrected chi connectivity index (χ3v) is 2.97. The molecule has 23 heavy (non-hydrogen) atoms. The average Bonchev–Trinajstić information content (AvgIpc) is 2.56. The molecule has 1 aromatic carbocycles. The molecule has 6 nitrogen and oxygen atoms in total. The van der Waals surface area contributed by atoms with E-state index in [-0.39, 0.29) is 30.5 Å². The molecule has 0 heterocycles. The predicted octanol–water partition coefficient (Wildman–Crippen LogP) is 2.10. The Kier molecular flexibility index (Phi) is 11.2. The molecule has 0 amide bonds. The van der Waals surface area contributed by atoms with Crippen LogP contribution in [0.2, 0.25) is 0 Å². The van der Waals surface area contributed by atoms with Crippen LogP contribution in [0.25, 0.3) is 0 Å². The number of nitrogens with zero attached hydrogens (tertiary/aromatic N) is 1. The van der Waals surface area contributed by atoms with Crippen molar-refractivity contribution in [1.82, 2.24) is 10.6 Å². The third-order valence-electron chi connectivity index (χ3n) is 2.97. The van der Waals surface area contributed by atoms with E-state index in [0.717, 1.165) is 12.1 Å². The van der Waals surface area contributed by atoms with Gasteiger partial charge in [-0.15, -0.1) is 30.6 Å². The molecule has 0 aliphatic heterocycles. The zero-order valence-corrected chi connectivity index (χ0v) is 16.2. The molecule has 3 N–H and O–H groups in total. The van der Waals surface area contributed by atoms with E-state index < -0.39 is 6.10 Å². The van der Waals surface area contributed by atoms with Crippen LogP contribution >= 0.6 is 24.0 Å². The van der Waals surface area contributed by atoms with Gasteiger partial charge < -0.3 is 25.2 Å². The minimum Gasteiger partial charge on any atom is -0.493 e. The summed E-state index contributed by atoms with van der Waals surface area (Å²) in [7, 11) is 3.14. The number of aliphatic hydroxyl groups is 1. The van der Waals surface area contributed by atoms with E-state index in [1.165, 1.54) is 0 Å². The summed E-state index contributed by atoms with van der Waals surface area (Å²) >= 11 is 0. The first kappa shape index (κ1) is 21.5. The number of halogens is 1. The molecule has 0 aliphatic carbocycles. The van der Waals surface area contributed by atoms with Crippen molar-refractivity contribution in [2.24, 2.45) is 4.99 Å². The predicted molar refractivity (Wildman–Crippen MR) is 104 cm³/mol. The number of nitrogens with one attached hydrogen (secondary N) is 2. The number of hydrogen-bond acceptors (Lipinski definition) is 4. The maximum absolute atomic E-state index is 10.3. The maximum atomic E-state index is 10.3. The van der Waals surface area contributed by atoms with Crippen LogP contribution in [0.3, 0.4) is 0 Å². The Labute approximate surface area is 155 Å². The smallest absolute Gasteiger partial charge is 0.191 e. The third kappa shape index (κ3) is 7.08. The van der Waals surface area contributed by atoms with Crippen molar-refractivity contribution in [3.05, 3.63) is 36.4 Å². The van der Waals surface area contributed by atoms with Crippen molar-refractivity contribution >= 4 is 29.9 Å². The first-order valence-corrected chi connectivity index (χ1v) is 7.19. The average molecular weight is 435 g/mol. The fourth-order valence-corrected chi connectivity index (χ4v) is 1.85. The number of aliphatic hydroxyl groups excluding tert-OH is 1. The molecule has 130 valence electrons. The number of rotatable bonds is 8. The minimum atomic E-state index is -0.723. The highest BCUT2D eigenvalue weighted by Gasteiger charge is 2.11. The van der Waals surface area contributed by atoms with Crippen molar-refractivity contribution in [3.63, 3.8) is 0 Å². The van der Waals surface area contributed by atoms with Crippen molar-refractivity contribution < 1.29 is 14.6 Å². The highest BCUT2D eigenvalue weighted by molar-refractivity contribution is 14.0. The number of hydrogen-bond donors (Lipinski definition) is 3. The first-order valence-electron chi connectivity index (χ1n) is 7.19. The van der Waals surface area contributed by atoms with Gasteiger partial charge in [-0.3, -0.25) is 4.99 Å². The van der Waals surface area contributed by atoms with E-state index in [4.69, 9.17) is 9.47 Å². The summed E-state index contributed by atoms with van der Waals surface area (Å²) < 4.78 is 10.4. The molecule has 7 heteroatoms. The van der Waals surface area contributed by atoms with Gasteiger partial charge >= 0.3 is 0 Å². The molecule has 1 atom stereocenters. The van der Waals surface area contributed by atoms with Gasteiger partial charge in [0.25, 0.3) is 0 Å². The highest BCUT2D eigenvalue weighted by atomic mass is 127. The Morgan fingerprint density at radius 2 is 2.00 bits per heavy atom. The molecule has 0 aromatic heterocycles. The van der Waals surface area contributed by atoms with Gasteiger partial charge in [-0.2, -0.15) is 0 Å². The molecule has 1 rings (SSSR count). The Bertz CT molecular complexity index is 509. The molecule has 0 spiro atoms. The standard InChI is InChI=1S/C16H25N3O3.HI/c1-5-9-18-16(17-6-2)19-11-13(20)12-7-8-14(21-3)15(10-12)22-4;/h5,7-8,10,13,20H,1,6,9,11H2,2-4H3,(H2,17,18,19);1H. The Balaban J connectivity index is 0.00000484. The molecular formula is C16H26IN3O3. The Morgan fingerprint density at radius 3 is 2.57 bits per heavy atom. The summed E-state index contributed by atoms with van der Waals surface area (Å²) in [6.07, 6.45) is 1.02. The molecule has 0 bridgehead atoms. The Hall–Kier alpha value is -1.48. The van der Waals surface area contributed by atoms with Crippen molar-refractivity contribution in [3.8, 4) is 11.5 Å². The van der Waals surface area contributed by atoms with Crippen molar-refractivity contribution in [2.45, 2.75) is 13.0 Å². The first-order chi connectivity index (χ1) is 10.7. The number of ether oxygens (including phenoxy) is 2. The van der Waals surface area contributed by atoms with Crippen LogP contribution in [-0.2, 0) is 0 Å². The van der Waals surface area contributed by atoms with Gasteiger partial charge in [0.05, 0.1) is 26.9 Å². The number of benzene rings is 1. The summed E-state index contributed by atoms with van der Waals surface area (Å²) in [5.74, 6) is 1.85. The quantitative estimate of drug-likeness (QED) is 0.253. The lowest BCUT2D eigenvalue weighted by molar-refractivity contribution is 0.186. The summed E-state index contributed by atoms with van der Waals surface area (Å²) in [5, 5.41) is 16.5. The van der Waals surface area contributed by atoms with Gasteiger partial charge in [-0.1, -0.05) is 12.1 Å².